The van der Waals surface area contributed by atoms with Crippen LogP contribution in [0.5, 0.6) is 0 Å². The molecule has 0 aromatic heterocycles. The largest absolute Gasteiger partial charge is 0.368 e. The maximum atomic E-state index is 13.7. The van der Waals surface area contributed by atoms with Gasteiger partial charge in [-0.05, 0) is 37.5 Å². The first-order valence-electron chi connectivity index (χ1n) is 6.04. The number of anilines is 1. The summed E-state index contributed by atoms with van der Waals surface area (Å²) in [6, 6.07) is 3.05. The van der Waals surface area contributed by atoms with Gasteiger partial charge in [0.2, 0.25) is 0 Å². The number of carbonyl (C=O) groups is 1. The van der Waals surface area contributed by atoms with Gasteiger partial charge in [-0.1, -0.05) is 0 Å². The van der Waals surface area contributed by atoms with Gasteiger partial charge in [0.1, 0.15) is 11.9 Å². The van der Waals surface area contributed by atoms with Gasteiger partial charge in [-0.2, -0.15) is 0 Å². The average molecular weight is 322 g/mol. The Hall–Kier alpha value is -1.18. The van der Waals surface area contributed by atoms with Gasteiger partial charge in [0.15, 0.2) is 0 Å². The maximum absolute atomic E-state index is 13.7. The van der Waals surface area contributed by atoms with Crippen molar-refractivity contribution >= 4 is 31.3 Å². The van der Waals surface area contributed by atoms with Crippen molar-refractivity contribution in [2.24, 2.45) is 0 Å². The molecule has 1 heterocycles. The smallest absolute Gasteiger partial charge is 0.261 e. The van der Waals surface area contributed by atoms with E-state index in [1.54, 1.807) is 0 Å². The Labute approximate surface area is 120 Å². The number of hydrogen-bond donors (Lipinski definition) is 1. The van der Waals surface area contributed by atoms with E-state index in [0.717, 1.165) is 31.0 Å². The lowest BCUT2D eigenvalue weighted by Gasteiger charge is -2.21. The first-order chi connectivity index (χ1) is 9.38. The fraction of sp³-hybridized carbons (Fsp3) is 0.417. The zero-order valence-electron chi connectivity index (χ0n) is 10.4. The molecule has 1 aliphatic heterocycles. The highest BCUT2D eigenvalue weighted by molar-refractivity contribution is 8.13. The number of ether oxygens (including phenoxy) is 1. The van der Waals surface area contributed by atoms with E-state index in [0.29, 0.717) is 13.0 Å². The topological polar surface area (TPSA) is 72.5 Å². The first kappa shape index (κ1) is 15.2. The first-order valence-corrected chi connectivity index (χ1v) is 8.35. The van der Waals surface area contributed by atoms with Crippen molar-refractivity contribution in [3.8, 4) is 0 Å². The number of halogens is 2. The van der Waals surface area contributed by atoms with Crippen LogP contribution in [-0.2, 0) is 18.6 Å². The summed E-state index contributed by atoms with van der Waals surface area (Å²) in [5, 5.41) is 2.38. The van der Waals surface area contributed by atoms with Gasteiger partial charge in [0, 0.05) is 17.3 Å². The number of benzene rings is 1. The molecule has 20 heavy (non-hydrogen) atoms. The lowest BCUT2D eigenvalue weighted by Crippen LogP contribution is -2.33. The molecule has 0 bridgehead atoms. The fourth-order valence-corrected chi connectivity index (χ4v) is 2.67. The minimum atomic E-state index is -4.00. The van der Waals surface area contributed by atoms with E-state index in [1.165, 1.54) is 0 Å². The van der Waals surface area contributed by atoms with Gasteiger partial charge in [-0.3, -0.25) is 4.79 Å². The second-order valence-corrected chi connectivity index (χ2v) is 6.99. The van der Waals surface area contributed by atoms with Crippen LogP contribution in [0.3, 0.4) is 0 Å². The molecule has 1 aromatic carbocycles. The molecule has 0 aliphatic carbocycles. The SMILES string of the molecule is O=C(Nc1ccc(S(=O)(=O)Cl)cc1F)C1CCCCO1. The average Bonchev–Trinajstić information content (AvgIpc) is 2.41. The Kier molecular flexibility index (Phi) is 4.62. The summed E-state index contributed by atoms with van der Waals surface area (Å²) in [5.41, 5.74) is -0.103. The number of nitrogens with one attached hydrogen (secondary N) is 1. The summed E-state index contributed by atoms with van der Waals surface area (Å²) in [5.74, 6) is -1.30. The summed E-state index contributed by atoms with van der Waals surface area (Å²) in [4.78, 5) is 11.5. The van der Waals surface area contributed by atoms with Crippen molar-refractivity contribution in [3.05, 3.63) is 24.0 Å². The summed E-state index contributed by atoms with van der Waals surface area (Å²) in [7, 11) is 1.11. The monoisotopic (exact) mass is 321 g/mol. The van der Waals surface area contributed by atoms with Crippen LogP contribution in [0.1, 0.15) is 19.3 Å². The Morgan fingerprint density at radius 2 is 2.15 bits per heavy atom. The third-order valence-electron chi connectivity index (χ3n) is 2.95. The van der Waals surface area contributed by atoms with Gasteiger partial charge in [0.05, 0.1) is 10.6 Å². The molecule has 0 saturated carbocycles. The number of amides is 1. The molecular formula is C12H13ClFNO4S. The zero-order valence-corrected chi connectivity index (χ0v) is 12.0. The fourth-order valence-electron chi connectivity index (χ4n) is 1.91. The Bertz CT molecular complexity index is 614. The number of rotatable bonds is 3. The van der Waals surface area contributed by atoms with Gasteiger partial charge in [-0.25, -0.2) is 12.8 Å². The van der Waals surface area contributed by atoms with Crippen LogP contribution in [-0.4, -0.2) is 27.0 Å². The van der Waals surface area contributed by atoms with Crippen LogP contribution in [0.25, 0.3) is 0 Å². The molecule has 5 nitrogen and oxygen atoms in total. The molecule has 1 unspecified atom stereocenters. The second kappa shape index (κ2) is 6.07. The van der Waals surface area contributed by atoms with Crippen LogP contribution < -0.4 is 5.32 Å². The van der Waals surface area contributed by atoms with Crippen LogP contribution in [0.4, 0.5) is 10.1 Å². The predicted octanol–water partition coefficient (Wildman–Crippen LogP) is 2.26. The highest BCUT2D eigenvalue weighted by Gasteiger charge is 2.23. The standard InChI is InChI=1S/C12H13ClFNO4S/c13-20(17,18)8-4-5-10(9(14)7-8)15-12(16)11-3-1-2-6-19-11/h4-5,7,11H,1-3,6H2,(H,15,16). The van der Waals surface area contributed by atoms with Crippen LogP contribution in [0.2, 0.25) is 0 Å². The Morgan fingerprint density at radius 1 is 1.40 bits per heavy atom. The van der Waals surface area contributed by atoms with E-state index in [-0.39, 0.29) is 10.6 Å². The van der Waals surface area contributed by atoms with Crippen molar-refractivity contribution < 1.29 is 22.3 Å². The summed E-state index contributed by atoms with van der Waals surface area (Å²) < 4.78 is 41.1. The van der Waals surface area contributed by atoms with Crippen molar-refractivity contribution in [1.82, 2.24) is 0 Å². The molecule has 1 atom stereocenters. The van der Waals surface area contributed by atoms with E-state index in [2.05, 4.69) is 5.32 Å². The van der Waals surface area contributed by atoms with Crippen molar-refractivity contribution in [2.45, 2.75) is 30.3 Å². The second-order valence-electron chi connectivity index (χ2n) is 4.42. The zero-order chi connectivity index (χ0) is 14.8. The molecule has 1 saturated heterocycles. The molecule has 1 aromatic rings. The Balaban J connectivity index is 2.11. The van der Waals surface area contributed by atoms with E-state index < -0.39 is 26.9 Å². The van der Waals surface area contributed by atoms with Crippen molar-refractivity contribution in [3.63, 3.8) is 0 Å². The minimum Gasteiger partial charge on any atom is -0.368 e. The van der Waals surface area contributed by atoms with Gasteiger partial charge >= 0.3 is 0 Å². The van der Waals surface area contributed by atoms with E-state index >= 15 is 0 Å². The third-order valence-corrected chi connectivity index (χ3v) is 4.30. The Morgan fingerprint density at radius 3 is 2.70 bits per heavy atom. The van der Waals surface area contributed by atoms with Crippen LogP contribution >= 0.6 is 10.7 Å². The molecular weight excluding hydrogens is 309 g/mol. The molecule has 0 radical (unpaired) electrons. The normalized spacial score (nSPS) is 19.6. The van der Waals surface area contributed by atoms with Gasteiger partial charge < -0.3 is 10.1 Å². The highest BCUT2D eigenvalue weighted by Crippen LogP contribution is 2.22. The molecule has 1 N–H and O–H groups in total. The minimum absolute atomic E-state index is 0.103. The van der Waals surface area contributed by atoms with E-state index in [4.69, 9.17) is 15.4 Å². The summed E-state index contributed by atoms with van der Waals surface area (Å²) in [6.45, 7) is 0.504. The molecule has 0 spiro atoms. The van der Waals surface area contributed by atoms with Crippen molar-refractivity contribution in [1.29, 1.82) is 0 Å². The summed E-state index contributed by atoms with van der Waals surface area (Å²) >= 11 is 0. The molecule has 2 rings (SSSR count). The van der Waals surface area contributed by atoms with E-state index in [1.807, 2.05) is 0 Å². The lowest BCUT2D eigenvalue weighted by molar-refractivity contribution is -0.130. The lowest BCUT2D eigenvalue weighted by atomic mass is 10.1. The predicted molar refractivity (Wildman–Crippen MR) is 71.7 cm³/mol. The molecule has 1 fully saturated rings. The molecule has 110 valence electrons. The number of carbonyl (C=O) groups excluding carboxylic acids is 1. The molecule has 1 aliphatic rings. The molecule has 8 heteroatoms. The van der Waals surface area contributed by atoms with E-state index in [9.17, 15) is 17.6 Å². The van der Waals surface area contributed by atoms with Gasteiger partial charge in [0.25, 0.3) is 15.0 Å². The van der Waals surface area contributed by atoms with Crippen LogP contribution in [0.15, 0.2) is 23.1 Å². The highest BCUT2D eigenvalue weighted by atomic mass is 35.7. The summed E-state index contributed by atoms with van der Waals surface area (Å²) in [6.07, 6.45) is 1.77. The maximum Gasteiger partial charge on any atom is 0.261 e. The van der Waals surface area contributed by atoms with Crippen LogP contribution in [0, 0.1) is 5.82 Å². The van der Waals surface area contributed by atoms with Crippen molar-refractivity contribution in [2.75, 3.05) is 11.9 Å². The number of hydrogen-bond acceptors (Lipinski definition) is 4. The third kappa shape index (κ3) is 3.68. The van der Waals surface area contributed by atoms with Gasteiger partial charge in [-0.15, -0.1) is 0 Å². The molecule has 1 amide bonds. The quantitative estimate of drug-likeness (QED) is 0.867.